The molecule has 1 aromatic heterocycles. The molecule has 2 saturated heterocycles. The van der Waals surface area contributed by atoms with E-state index in [1.165, 1.54) is 6.07 Å². The molecular formula is C19H23N3O4S. The van der Waals surface area contributed by atoms with E-state index in [9.17, 15) is 18.0 Å². The van der Waals surface area contributed by atoms with Crippen LogP contribution >= 0.6 is 0 Å². The van der Waals surface area contributed by atoms with Gasteiger partial charge in [0.25, 0.3) is 5.91 Å². The lowest BCUT2D eigenvalue weighted by Crippen LogP contribution is -2.60. The van der Waals surface area contributed by atoms with Crippen LogP contribution in [0.5, 0.6) is 0 Å². The molecule has 0 unspecified atom stereocenters. The molecule has 3 heterocycles. The van der Waals surface area contributed by atoms with E-state index >= 15 is 0 Å². The van der Waals surface area contributed by atoms with Gasteiger partial charge < -0.3 is 9.88 Å². The number of hydrogen-bond acceptors (Lipinski definition) is 5. The fourth-order valence-electron chi connectivity index (χ4n) is 4.31. The average Bonchev–Trinajstić information content (AvgIpc) is 2.97. The minimum Gasteiger partial charge on any atom is -0.350 e. The summed E-state index contributed by atoms with van der Waals surface area (Å²) in [7, 11) is -3.18. The molecule has 2 aliphatic rings. The molecule has 8 heteroatoms. The minimum absolute atomic E-state index is 0.0125. The van der Waals surface area contributed by atoms with Gasteiger partial charge in [0.15, 0.2) is 15.3 Å². The van der Waals surface area contributed by atoms with E-state index in [1.807, 2.05) is 0 Å². The van der Waals surface area contributed by atoms with Gasteiger partial charge in [-0.05, 0) is 25.1 Å². The molecule has 144 valence electrons. The van der Waals surface area contributed by atoms with Gasteiger partial charge in [0, 0.05) is 36.1 Å². The quantitative estimate of drug-likeness (QED) is 0.841. The number of sulfone groups is 1. The van der Waals surface area contributed by atoms with E-state index in [4.69, 9.17) is 0 Å². The van der Waals surface area contributed by atoms with Crippen molar-refractivity contribution in [3.05, 3.63) is 46.2 Å². The summed E-state index contributed by atoms with van der Waals surface area (Å²) in [5.41, 5.74) is 0.604. The van der Waals surface area contributed by atoms with E-state index in [1.54, 1.807) is 29.2 Å². The number of rotatable bonds is 3. The number of nitrogens with one attached hydrogen (secondary N) is 1. The van der Waals surface area contributed by atoms with Crippen molar-refractivity contribution in [2.45, 2.75) is 25.4 Å². The second-order valence-corrected chi connectivity index (χ2v) is 9.49. The number of aromatic amines is 1. The molecule has 4 rings (SSSR count). The molecule has 2 aliphatic heterocycles. The molecule has 2 atom stereocenters. The first-order valence-corrected chi connectivity index (χ1v) is 11.1. The third-order valence-corrected chi connectivity index (χ3v) is 7.23. The highest BCUT2D eigenvalue weighted by Gasteiger charge is 2.47. The van der Waals surface area contributed by atoms with Crippen molar-refractivity contribution in [2.24, 2.45) is 0 Å². The maximum Gasteiger partial charge on any atom is 0.270 e. The zero-order valence-electron chi connectivity index (χ0n) is 15.2. The van der Waals surface area contributed by atoms with Crippen molar-refractivity contribution >= 4 is 26.6 Å². The molecule has 0 bridgehead atoms. The Morgan fingerprint density at radius 2 is 1.93 bits per heavy atom. The van der Waals surface area contributed by atoms with Crippen LogP contribution in [0.15, 0.2) is 35.1 Å². The van der Waals surface area contributed by atoms with Gasteiger partial charge in [0.2, 0.25) is 0 Å². The van der Waals surface area contributed by atoms with Crippen LogP contribution in [0.4, 0.5) is 0 Å². The number of piperazine rings is 1. The number of benzene rings is 1. The fraction of sp³-hybridized carbons (Fsp3) is 0.474. The van der Waals surface area contributed by atoms with Crippen molar-refractivity contribution in [3.63, 3.8) is 0 Å². The summed E-state index contributed by atoms with van der Waals surface area (Å²) in [4.78, 5) is 32.4. The van der Waals surface area contributed by atoms with Crippen molar-refractivity contribution in [1.29, 1.82) is 0 Å². The SMILES string of the molecule is CCCN1CCN(C(=O)c2cc(=O)c3ccccc3[nH]2)[C@@H]2CS(=O)(=O)C[C@@H]21. The number of aromatic nitrogens is 1. The Labute approximate surface area is 157 Å². The van der Waals surface area contributed by atoms with Gasteiger partial charge in [-0.3, -0.25) is 14.5 Å². The molecule has 0 spiro atoms. The van der Waals surface area contributed by atoms with Crippen LogP contribution in [0.3, 0.4) is 0 Å². The van der Waals surface area contributed by atoms with Crippen LogP contribution in [0, 0.1) is 0 Å². The average molecular weight is 389 g/mol. The molecule has 0 aliphatic carbocycles. The molecule has 2 fully saturated rings. The Kier molecular flexibility index (Phi) is 4.55. The molecule has 0 radical (unpaired) electrons. The highest BCUT2D eigenvalue weighted by atomic mass is 32.2. The van der Waals surface area contributed by atoms with E-state index < -0.39 is 9.84 Å². The van der Waals surface area contributed by atoms with Gasteiger partial charge >= 0.3 is 0 Å². The maximum absolute atomic E-state index is 13.2. The Balaban J connectivity index is 1.69. The maximum atomic E-state index is 13.2. The van der Waals surface area contributed by atoms with Crippen molar-refractivity contribution in [2.75, 3.05) is 31.1 Å². The zero-order chi connectivity index (χ0) is 19.2. The second kappa shape index (κ2) is 6.76. The monoisotopic (exact) mass is 389 g/mol. The number of carbonyl (C=O) groups is 1. The molecule has 1 aromatic carbocycles. The smallest absolute Gasteiger partial charge is 0.270 e. The predicted molar refractivity (Wildman–Crippen MR) is 104 cm³/mol. The summed E-state index contributed by atoms with van der Waals surface area (Å²) >= 11 is 0. The van der Waals surface area contributed by atoms with E-state index in [0.29, 0.717) is 24.0 Å². The number of fused-ring (bicyclic) bond motifs is 2. The number of H-pyrrole nitrogens is 1. The first-order valence-electron chi connectivity index (χ1n) is 9.27. The largest absolute Gasteiger partial charge is 0.350 e. The molecular weight excluding hydrogens is 366 g/mol. The fourth-order valence-corrected chi connectivity index (χ4v) is 6.32. The van der Waals surface area contributed by atoms with Crippen LogP contribution in [0.1, 0.15) is 23.8 Å². The van der Waals surface area contributed by atoms with E-state index in [-0.39, 0.29) is 40.6 Å². The Morgan fingerprint density at radius 3 is 2.70 bits per heavy atom. The van der Waals surface area contributed by atoms with Crippen LogP contribution in [0.2, 0.25) is 0 Å². The lowest BCUT2D eigenvalue weighted by atomic mass is 10.0. The van der Waals surface area contributed by atoms with Crippen LogP contribution < -0.4 is 5.43 Å². The molecule has 1 amide bonds. The standard InChI is InChI=1S/C19H23N3O4S/c1-2-7-21-8-9-22(17-12-27(25,26)11-16(17)21)19(24)15-10-18(23)13-5-3-4-6-14(13)20-15/h3-6,10,16-17H,2,7-9,11-12H2,1H3,(H,20,23)/t16-,17+/m0/s1. The third-order valence-electron chi connectivity index (χ3n) is 5.53. The lowest BCUT2D eigenvalue weighted by molar-refractivity contribution is 0.0328. The summed E-state index contributed by atoms with van der Waals surface area (Å²) in [6, 6.07) is 7.84. The zero-order valence-corrected chi connectivity index (χ0v) is 16.0. The lowest BCUT2D eigenvalue weighted by Gasteiger charge is -2.43. The summed E-state index contributed by atoms with van der Waals surface area (Å²) in [6.45, 7) is 4.00. The first kappa shape index (κ1) is 18.2. The van der Waals surface area contributed by atoms with Gasteiger partial charge in [-0.1, -0.05) is 19.1 Å². The molecule has 2 aromatic rings. The Bertz CT molecular complexity index is 1050. The summed E-state index contributed by atoms with van der Waals surface area (Å²) < 4.78 is 24.5. The Hall–Kier alpha value is -2.19. The molecule has 0 saturated carbocycles. The normalized spacial score (nSPS) is 24.9. The van der Waals surface area contributed by atoms with Crippen LogP contribution in [-0.2, 0) is 9.84 Å². The van der Waals surface area contributed by atoms with Crippen molar-refractivity contribution in [3.8, 4) is 0 Å². The summed E-state index contributed by atoms with van der Waals surface area (Å²) in [5, 5.41) is 0.531. The Morgan fingerprint density at radius 1 is 1.19 bits per heavy atom. The van der Waals surface area contributed by atoms with Crippen molar-refractivity contribution in [1.82, 2.24) is 14.8 Å². The highest BCUT2D eigenvalue weighted by Crippen LogP contribution is 2.28. The highest BCUT2D eigenvalue weighted by molar-refractivity contribution is 7.91. The number of carbonyl (C=O) groups excluding carboxylic acids is 1. The van der Waals surface area contributed by atoms with E-state index in [2.05, 4.69) is 16.8 Å². The van der Waals surface area contributed by atoms with Gasteiger partial charge in [-0.15, -0.1) is 0 Å². The third kappa shape index (κ3) is 3.27. The predicted octanol–water partition coefficient (Wildman–Crippen LogP) is 0.861. The number of amides is 1. The van der Waals surface area contributed by atoms with Gasteiger partial charge in [-0.2, -0.15) is 0 Å². The summed E-state index contributed by atoms with van der Waals surface area (Å²) in [6.07, 6.45) is 0.940. The number of nitrogens with zero attached hydrogens (tertiary/aromatic N) is 2. The topological polar surface area (TPSA) is 90.6 Å². The molecule has 7 nitrogen and oxygen atoms in total. The first-order chi connectivity index (χ1) is 12.9. The van der Waals surface area contributed by atoms with Gasteiger partial charge in [0.1, 0.15) is 5.69 Å². The number of para-hydroxylation sites is 1. The summed E-state index contributed by atoms with van der Waals surface area (Å²) in [5.74, 6) is -0.224. The van der Waals surface area contributed by atoms with Gasteiger partial charge in [-0.25, -0.2) is 8.42 Å². The molecule has 1 N–H and O–H groups in total. The number of pyridine rings is 1. The second-order valence-electron chi connectivity index (χ2n) is 7.34. The van der Waals surface area contributed by atoms with Crippen LogP contribution in [0.25, 0.3) is 10.9 Å². The molecule has 27 heavy (non-hydrogen) atoms. The number of hydrogen-bond donors (Lipinski definition) is 1. The van der Waals surface area contributed by atoms with Crippen molar-refractivity contribution < 1.29 is 13.2 Å². The van der Waals surface area contributed by atoms with Gasteiger partial charge in [0.05, 0.1) is 17.5 Å². The van der Waals surface area contributed by atoms with Crippen LogP contribution in [-0.4, -0.2) is 72.3 Å². The van der Waals surface area contributed by atoms with E-state index in [0.717, 1.165) is 13.0 Å². The minimum atomic E-state index is -3.18.